The number of hydrogen-bond acceptors (Lipinski definition) is 3. The minimum atomic E-state index is -0.0598. The molecule has 3 rings (SSSR count). The SMILES string of the molecule is CCCN1CCCC2(CC1)C[C@H](N)c1ccc(Br)cc1O2. The van der Waals surface area contributed by atoms with Gasteiger partial charge in [-0.05, 0) is 50.9 Å². The van der Waals surface area contributed by atoms with Crippen molar-refractivity contribution in [3.8, 4) is 5.75 Å². The Bertz CT molecular complexity index is 508. The quantitative estimate of drug-likeness (QED) is 0.877. The van der Waals surface area contributed by atoms with Crippen LogP contribution >= 0.6 is 15.9 Å². The van der Waals surface area contributed by atoms with Crippen LogP contribution in [0, 0.1) is 0 Å². The number of nitrogens with two attached hydrogens (primary N) is 1. The number of benzene rings is 1. The van der Waals surface area contributed by atoms with Crippen molar-refractivity contribution in [1.82, 2.24) is 4.90 Å². The van der Waals surface area contributed by atoms with E-state index in [1.165, 1.54) is 25.9 Å². The number of ether oxygens (including phenoxy) is 1. The number of hydrogen-bond donors (Lipinski definition) is 1. The topological polar surface area (TPSA) is 38.5 Å². The van der Waals surface area contributed by atoms with E-state index < -0.39 is 0 Å². The highest BCUT2D eigenvalue weighted by molar-refractivity contribution is 9.10. The van der Waals surface area contributed by atoms with Gasteiger partial charge in [0, 0.05) is 29.0 Å². The zero-order chi connectivity index (χ0) is 14.9. The van der Waals surface area contributed by atoms with E-state index in [1.54, 1.807) is 0 Å². The molecular formula is C17H25BrN2O. The summed E-state index contributed by atoms with van der Waals surface area (Å²) >= 11 is 3.54. The average Bonchev–Trinajstić information content (AvgIpc) is 2.62. The number of rotatable bonds is 2. The van der Waals surface area contributed by atoms with Gasteiger partial charge in [0.15, 0.2) is 0 Å². The van der Waals surface area contributed by atoms with Crippen LogP contribution in [0.1, 0.15) is 50.6 Å². The highest BCUT2D eigenvalue weighted by Crippen LogP contribution is 2.44. The number of fused-ring (bicyclic) bond motifs is 1. The van der Waals surface area contributed by atoms with Crippen molar-refractivity contribution >= 4 is 15.9 Å². The summed E-state index contributed by atoms with van der Waals surface area (Å²) in [5.74, 6) is 0.979. The lowest BCUT2D eigenvalue weighted by atomic mass is 9.82. The first-order chi connectivity index (χ1) is 10.1. The third kappa shape index (κ3) is 3.27. The van der Waals surface area contributed by atoms with Gasteiger partial charge in [0.1, 0.15) is 11.4 Å². The number of nitrogens with zero attached hydrogens (tertiary/aromatic N) is 1. The van der Waals surface area contributed by atoms with Crippen molar-refractivity contribution in [2.45, 2.75) is 50.7 Å². The van der Waals surface area contributed by atoms with Crippen LogP contribution in [-0.2, 0) is 0 Å². The molecule has 2 heterocycles. The van der Waals surface area contributed by atoms with Gasteiger partial charge in [0.2, 0.25) is 0 Å². The fourth-order valence-electron chi connectivity index (χ4n) is 3.76. The highest BCUT2D eigenvalue weighted by Gasteiger charge is 2.40. The fraction of sp³-hybridized carbons (Fsp3) is 0.647. The largest absolute Gasteiger partial charge is 0.487 e. The van der Waals surface area contributed by atoms with E-state index in [0.717, 1.165) is 41.6 Å². The van der Waals surface area contributed by atoms with Gasteiger partial charge in [0.25, 0.3) is 0 Å². The van der Waals surface area contributed by atoms with Crippen molar-refractivity contribution in [2.24, 2.45) is 5.73 Å². The Hall–Kier alpha value is -0.580. The maximum atomic E-state index is 6.48. The van der Waals surface area contributed by atoms with Crippen LogP contribution in [0.4, 0.5) is 0 Å². The first-order valence-corrected chi connectivity index (χ1v) is 8.87. The van der Waals surface area contributed by atoms with E-state index in [2.05, 4.69) is 46.0 Å². The van der Waals surface area contributed by atoms with Gasteiger partial charge in [-0.3, -0.25) is 0 Å². The predicted molar refractivity (Wildman–Crippen MR) is 89.6 cm³/mol. The van der Waals surface area contributed by atoms with Crippen molar-refractivity contribution in [3.05, 3.63) is 28.2 Å². The summed E-state index contributed by atoms with van der Waals surface area (Å²) in [6, 6.07) is 6.32. The number of halogens is 1. The zero-order valence-corrected chi connectivity index (χ0v) is 14.4. The second-order valence-corrected chi connectivity index (χ2v) is 7.39. The second kappa shape index (κ2) is 6.27. The van der Waals surface area contributed by atoms with Gasteiger partial charge in [-0.15, -0.1) is 0 Å². The van der Waals surface area contributed by atoms with Gasteiger partial charge in [0.05, 0.1) is 0 Å². The Balaban J connectivity index is 1.80. The molecule has 0 aromatic heterocycles. The first kappa shape index (κ1) is 15.3. The Labute approximate surface area is 136 Å². The standard InChI is InChI=1S/C17H25BrN2O/c1-2-8-20-9-3-6-17(7-10-20)12-15(19)14-5-4-13(18)11-16(14)21-17/h4-5,11,15H,2-3,6-10,12,19H2,1H3/t15-,17?/m0/s1. The van der Waals surface area contributed by atoms with E-state index in [0.29, 0.717) is 0 Å². The van der Waals surface area contributed by atoms with Gasteiger partial charge in [-0.2, -0.15) is 0 Å². The van der Waals surface area contributed by atoms with Crippen molar-refractivity contribution in [2.75, 3.05) is 19.6 Å². The Morgan fingerprint density at radius 1 is 1.38 bits per heavy atom. The Kier molecular flexibility index (Phi) is 4.57. The second-order valence-electron chi connectivity index (χ2n) is 6.47. The summed E-state index contributed by atoms with van der Waals surface area (Å²) in [6.07, 6.45) is 5.58. The Morgan fingerprint density at radius 2 is 2.24 bits per heavy atom. The lowest BCUT2D eigenvalue weighted by Gasteiger charge is -2.41. The van der Waals surface area contributed by atoms with Gasteiger partial charge < -0.3 is 15.4 Å². The van der Waals surface area contributed by atoms with E-state index in [9.17, 15) is 0 Å². The van der Waals surface area contributed by atoms with Crippen LogP contribution in [0.3, 0.4) is 0 Å². The van der Waals surface area contributed by atoms with Crippen LogP contribution in [0.25, 0.3) is 0 Å². The fourth-order valence-corrected chi connectivity index (χ4v) is 4.10. The minimum Gasteiger partial charge on any atom is -0.487 e. The highest BCUT2D eigenvalue weighted by atomic mass is 79.9. The molecule has 2 aliphatic heterocycles. The van der Waals surface area contributed by atoms with Gasteiger partial charge >= 0.3 is 0 Å². The molecule has 2 atom stereocenters. The van der Waals surface area contributed by atoms with Crippen molar-refractivity contribution in [3.63, 3.8) is 0 Å². The molecule has 0 amide bonds. The smallest absolute Gasteiger partial charge is 0.126 e. The molecule has 0 radical (unpaired) electrons. The molecule has 116 valence electrons. The molecule has 0 aliphatic carbocycles. The summed E-state index contributed by atoms with van der Waals surface area (Å²) in [5.41, 5.74) is 7.53. The number of likely N-dealkylation sites (tertiary alicyclic amines) is 1. The maximum absolute atomic E-state index is 6.48. The monoisotopic (exact) mass is 352 g/mol. The third-order valence-electron chi connectivity index (χ3n) is 4.82. The van der Waals surface area contributed by atoms with E-state index in [4.69, 9.17) is 10.5 Å². The van der Waals surface area contributed by atoms with Crippen molar-refractivity contribution < 1.29 is 4.74 Å². The van der Waals surface area contributed by atoms with Crippen molar-refractivity contribution in [1.29, 1.82) is 0 Å². The Morgan fingerprint density at radius 3 is 3.05 bits per heavy atom. The van der Waals surface area contributed by atoms with Crippen LogP contribution in [0.2, 0.25) is 0 Å². The van der Waals surface area contributed by atoms with E-state index in [-0.39, 0.29) is 11.6 Å². The molecule has 2 N–H and O–H groups in total. The molecule has 3 nitrogen and oxygen atoms in total. The molecule has 1 aromatic carbocycles. The maximum Gasteiger partial charge on any atom is 0.126 e. The first-order valence-electron chi connectivity index (χ1n) is 8.08. The molecule has 0 saturated carbocycles. The van der Waals surface area contributed by atoms with Gasteiger partial charge in [-0.1, -0.05) is 28.9 Å². The minimum absolute atomic E-state index is 0.0598. The van der Waals surface area contributed by atoms with Crippen LogP contribution < -0.4 is 10.5 Å². The molecule has 0 bridgehead atoms. The summed E-state index contributed by atoms with van der Waals surface area (Å²) in [4.78, 5) is 2.57. The molecule has 1 unspecified atom stereocenters. The van der Waals surface area contributed by atoms with Crippen LogP contribution in [-0.4, -0.2) is 30.1 Å². The van der Waals surface area contributed by atoms with E-state index >= 15 is 0 Å². The van der Waals surface area contributed by atoms with Crippen LogP contribution in [0.5, 0.6) is 5.75 Å². The molecule has 1 aromatic rings. The summed E-state index contributed by atoms with van der Waals surface area (Å²) < 4.78 is 7.54. The van der Waals surface area contributed by atoms with Crippen LogP contribution in [0.15, 0.2) is 22.7 Å². The molecule has 21 heavy (non-hydrogen) atoms. The third-order valence-corrected chi connectivity index (χ3v) is 5.32. The van der Waals surface area contributed by atoms with Gasteiger partial charge in [-0.25, -0.2) is 0 Å². The summed E-state index contributed by atoms with van der Waals surface area (Å²) in [6.45, 7) is 5.77. The average molecular weight is 353 g/mol. The summed E-state index contributed by atoms with van der Waals surface area (Å²) in [7, 11) is 0. The lowest BCUT2D eigenvalue weighted by Crippen LogP contribution is -2.43. The molecule has 1 fully saturated rings. The predicted octanol–water partition coefficient (Wildman–Crippen LogP) is 3.87. The molecule has 4 heteroatoms. The molecule has 2 aliphatic rings. The summed E-state index contributed by atoms with van der Waals surface area (Å²) in [5, 5.41) is 0. The molecule has 1 saturated heterocycles. The lowest BCUT2D eigenvalue weighted by molar-refractivity contribution is 0.0217. The van der Waals surface area contributed by atoms with E-state index in [1.807, 2.05) is 0 Å². The molecular weight excluding hydrogens is 328 g/mol. The normalized spacial score (nSPS) is 29.8. The zero-order valence-electron chi connectivity index (χ0n) is 12.8. The molecule has 1 spiro atoms.